The zero-order valence-electron chi connectivity index (χ0n) is 20.9. The van der Waals surface area contributed by atoms with Gasteiger partial charge >= 0.3 is 0 Å². The van der Waals surface area contributed by atoms with E-state index in [-0.39, 0.29) is 0 Å². The Kier molecular flexibility index (Phi) is 22.3. The molecule has 0 aromatic heterocycles. The average Bonchev–Trinajstić information content (AvgIpc) is 2.76. The van der Waals surface area contributed by atoms with Crippen LogP contribution in [0.15, 0.2) is 0 Å². The number of hydrogen-bond donors (Lipinski definition) is 3. The Morgan fingerprint density at radius 2 is 1.03 bits per heavy atom. The van der Waals surface area contributed by atoms with Crippen molar-refractivity contribution in [1.29, 1.82) is 0 Å². The molecule has 1 aliphatic rings. The SMILES string of the molecule is CCCCCCCCCC.CCP(=O)(CC)CCN1CCNCCNCCNCC1. The summed E-state index contributed by atoms with van der Waals surface area (Å²) in [6.45, 7) is 17.9. The van der Waals surface area contributed by atoms with Gasteiger partial charge in [0.15, 0.2) is 0 Å². The lowest BCUT2D eigenvalue weighted by Gasteiger charge is -2.25. The molecule has 0 bridgehead atoms. The maximum atomic E-state index is 12.5. The van der Waals surface area contributed by atoms with Crippen molar-refractivity contribution in [3.63, 3.8) is 0 Å². The van der Waals surface area contributed by atoms with E-state index >= 15 is 0 Å². The molecule has 6 heteroatoms. The smallest absolute Gasteiger partial charge is 0.0884 e. The third-order valence-corrected chi connectivity index (χ3v) is 9.42. The summed E-state index contributed by atoms with van der Waals surface area (Å²) < 4.78 is 12.5. The normalized spacial score (nSPS) is 17.5. The quantitative estimate of drug-likeness (QED) is 0.302. The zero-order valence-corrected chi connectivity index (χ0v) is 21.8. The van der Waals surface area contributed by atoms with Crippen molar-refractivity contribution in [2.24, 2.45) is 0 Å². The standard InChI is InChI=1S/C14H33N4OP.C10H22/c1-3-20(19,4-2)14-13-18-11-9-16-7-5-15-6-8-17-10-12-18;1-3-5-7-9-10-8-6-4-2/h15-17H,3-14H2,1-2H3;3-10H2,1-2H3. The summed E-state index contributed by atoms with van der Waals surface area (Å²) in [5, 5.41) is 10.3. The maximum Gasteiger partial charge on any atom is 0.0884 e. The van der Waals surface area contributed by atoms with Crippen molar-refractivity contribution in [1.82, 2.24) is 20.9 Å². The molecule has 0 aromatic carbocycles. The van der Waals surface area contributed by atoms with Gasteiger partial charge in [0.1, 0.15) is 0 Å². The van der Waals surface area contributed by atoms with Crippen LogP contribution >= 0.6 is 7.14 Å². The van der Waals surface area contributed by atoms with Gasteiger partial charge in [-0.15, -0.1) is 0 Å². The lowest BCUT2D eigenvalue weighted by molar-refractivity contribution is 0.285. The van der Waals surface area contributed by atoms with E-state index in [1.165, 1.54) is 51.4 Å². The van der Waals surface area contributed by atoms with Crippen LogP contribution in [0.4, 0.5) is 0 Å². The molecule has 0 aliphatic carbocycles. The Labute approximate surface area is 189 Å². The highest BCUT2D eigenvalue weighted by Gasteiger charge is 2.18. The van der Waals surface area contributed by atoms with E-state index in [1.54, 1.807) is 0 Å². The summed E-state index contributed by atoms with van der Waals surface area (Å²) in [4.78, 5) is 2.45. The van der Waals surface area contributed by atoms with Gasteiger partial charge in [-0.3, -0.25) is 0 Å². The van der Waals surface area contributed by atoms with E-state index in [2.05, 4.69) is 48.5 Å². The molecule has 1 heterocycles. The molecule has 30 heavy (non-hydrogen) atoms. The molecule has 0 spiro atoms. The predicted octanol–water partition coefficient (Wildman–Crippen LogP) is 4.62. The zero-order chi connectivity index (χ0) is 22.3. The van der Waals surface area contributed by atoms with Crippen molar-refractivity contribution in [3.05, 3.63) is 0 Å². The summed E-state index contributed by atoms with van der Waals surface area (Å²) >= 11 is 0. The lowest BCUT2D eigenvalue weighted by Crippen LogP contribution is -2.42. The number of nitrogens with zero attached hydrogens (tertiary/aromatic N) is 1. The second kappa shape index (κ2) is 22.3. The van der Waals surface area contributed by atoms with Crippen molar-refractivity contribution >= 4 is 7.14 Å². The Balaban J connectivity index is 0.000000710. The van der Waals surface area contributed by atoms with E-state index in [1.807, 2.05) is 0 Å². The Morgan fingerprint density at radius 3 is 1.43 bits per heavy atom. The number of hydrogen-bond acceptors (Lipinski definition) is 5. The van der Waals surface area contributed by atoms with Gasteiger partial charge in [-0.1, -0.05) is 79.1 Å². The minimum Gasteiger partial charge on any atom is -0.324 e. The number of unbranched alkanes of at least 4 members (excludes halogenated alkanes) is 7. The van der Waals surface area contributed by atoms with Crippen LogP contribution in [0.2, 0.25) is 0 Å². The van der Waals surface area contributed by atoms with E-state index < -0.39 is 7.14 Å². The van der Waals surface area contributed by atoms with Gasteiger partial charge in [0.05, 0.1) is 7.14 Å². The predicted molar refractivity (Wildman–Crippen MR) is 137 cm³/mol. The van der Waals surface area contributed by atoms with Crippen LogP contribution in [0.1, 0.15) is 79.1 Å². The van der Waals surface area contributed by atoms with Crippen LogP contribution in [0.3, 0.4) is 0 Å². The highest BCUT2D eigenvalue weighted by molar-refractivity contribution is 7.63. The molecule has 1 aliphatic heterocycles. The Bertz CT molecular complexity index is 367. The van der Waals surface area contributed by atoms with E-state index in [0.717, 1.165) is 77.4 Å². The van der Waals surface area contributed by atoms with Crippen LogP contribution in [0.25, 0.3) is 0 Å². The Hall–Kier alpha value is 0.0700. The van der Waals surface area contributed by atoms with E-state index in [0.29, 0.717) is 0 Å². The highest BCUT2D eigenvalue weighted by Crippen LogP contribution is 2.44. The highest BCUT2D eigenvalue weighted by atomic mass is 31.2. The van der Waals surface area contributed by atoms with Crippen LogP contribution in [0.5, 0.6) is 0 Å². The first-order chi connectivity index (χ1) is 14.6. The fraction of sp³-hybridized carbons (Fsp3) is 1.00. The molecule has 0 atom stereocenters. The maximum absolute atomic E-state index is 12.5. The summed E-state index contributed by atoms with van der Waals surface area (Å²) in [6, 6.07) is 0. The summed E-state index contributed by atoms with van der Waals surface area (Å²) in [6.07, 6.45) is 14.0. The molecule has 0 saturated carbocycles. The third kappa shape index (κ3) is 18.8. The van der Waals surface area contributed by atoms with E-state index in [4.69, 9.17) is 0 Å². The second-order valence-corrected chi connectivity index (χ2v) is 12.5. The average molecular weight is 447 g/mol. The Morgan fingerprint density at radius 1 is 0.633 bits per heavy atom. The molecule has 182 valence electrons. The molecular weight excluding hydrogens is 391 g/mol. The summed E-state index contributed by atoms with van der Waals surface area (Å²) in [5.41, 5.74) is 0. The number of rotatable bonds is 12. The van der Waals surface area contributed by atoms with Crippen LogP contribution in [0, 0.1) is 0 Å². The fourth-order valence-electron chi connectivity index (χ4n) is 3.61. The molecule has 1 rings (SSSR count). The van der Waals surface area contributed by atoms with Crippen molar-refractivity contribution < 1.29 is 4.57 Å². The summed E-state index contributed by atoms with van der Waals surface area (Å²) in [5.74, 6) is 0. The molecule has 0 amide bonds. The van der Waals surface area contributed by atoms with Crippen LogP contribution < -0.4 is 16.0 Å². The third-order valence-electron chi connectivity index (χ3n) is 6.10. The minimum atomic E-state index is -1.90. The molecule has 5 nitrogen and oxygen atoms in total. The lowest BCUT2D eigenvalue weighted by atomic mass is 10.1. The van der Waals surface area contributed by atoms with E-state index in [9.17, 15) is 4.57 Å². The molecule has 0 unspecified atom stereocenters. The summed E-state index contributed by atoms with van der Waals surface area (Å²) in [7, 11) is -1.90. The first kappa shape index (κ1) is 30.1. The molecule has 1 fully saturated rings. The minimum absolute atomic E-state index is 0.847. The van der Waals surface area contributed by atoms with Crippen molar-refractivity contribution in [2.45, 2.75) is 79.1 Å². The monoisotopic (exact) mass is 446 g/mol. The van der Waals surface area contributed by atoms with Gasteiger partial charge in [0, 0.05) is 65.1 Å². The molecule has 0 aromatic rings. The van der Waals surface area contributed by atoms with Crippen LogP contribution in [-0.4, -0.2) is 82.3 Å². The van der Waals surface area contributed by atoms with Gasteiger partial charge < -0.3 is 25.4 Å². The van der Waals surface area contributed by atoms with Gasteiger partial charge in [-0.25, -0.2) is 0 Å². The van der Waals surface area contributed by atoms with Crippen molar-refractivity contribution in [2.75, 3.05) is 77.4 Å². The largest absolute Gasteiger partial charge is 0.324 e. The molecule has 1 saturated heterocycles. The van der Waals surface area contributed by atoms with Crippen molar-refractivity contribution in [3.8, 4) is 0 Å². The van der Waals surface area contributed by atoms with Crippen LogP contribution in [-0.2, 0) is 4.57 Å². The topological polar surface area (TPSA) is 56.4 Å². The molecule has 3 N–H and O–H groups in total. The number of nitrogens with one attached hydrogen (secondary N) is 3. The van der Waals surface area contributed by atoms with Gasteiger partial charge in [-0.2, -0.15) is 0 Å². The fourth-order valence-corrected chi connectivity index (χ4v) is 5.34. The molecular formula is C24H55N4OP. The molecule has 0 radical (unpaired) electrons. The first-order valence-corrected chi connectivity index (χ1v) is 15.3. The van der Waals surface area contributed by atoms with Gasteiger partial charge in [0.25, 0.3) is 0 Å². The van der Waals surface area contributed by atoms with Gasteiger partial charge in [-0.05, 0) is 12.3 Å². The van der Waals surface area contributed by atoms with Gasteiger partial charge in [0.2, 0.25) is 0 Å². The first-order valence-electron chi connectivity index (χ1n) is 13.0. The second-order valence-electron chi connectivity index (χ2n) is 8.63.